The van der Waals surface area contributed by atoms with Gasteiger partial charge in [-0.3, -0.25) is 4.99 Å². The number of rotatable bonds is 6. The van der Waals surface area contributed by atoms with Crippen LogP contribution in [0.25, 0.3) is 10.9 Å². The molecule has 0 amide bonds. The van der Waals surface area contributed by atoms with Gasteiger partial charge in [0.15, 0.2) is 0 Å². The first kappa shape index (κ1) is 19.2. The van der Waals surface area contributed by atoms with Crippen LogP contribution in [0.4, 0.5) is 5.69 Å². The second-order valence-electron chi connectivity index (χ2n) is 6.77. The van der Waals surface area contributed by atoms with Gasteiger partial charge >= 0.3 is 0 Å². The smallest absolute Gasteiger partial charge is 0.0634 e. The number of fused-ring (bicyclic) bond motifs is 1. The number of halogens is 1. The van der Waals surface area contributed by atoms with Gasteiger partial charge in [-0.1, -0.05) is 64.5 Å². The van der Waals surface area contributed by atoms with E-state index >= 15 is 0 Å². The number of carbonyl (C=O) groups excluding carboxylic acids is 1. The molecule has 0 saturated heterocycles. The maximum absolute atomic E-state index is 12.1. The number of hydrogen-bond acceptors (Lipinski definition) is 3. The first-order valence-corrected chi connectivity index (χ1v) is 10.1. The highest BCUT2D eigenvalue weighted by atomic mass is 79.9. The van der Waals surface area contributed by atoms with Crippen LogP contribution in [0.1, 0.15) is 23.5 Å². The van der Waals surface area contributed by atoms with Crippen LogP contribution in [0.2, 0.25) is 0 Å². The van der Waals surface area contributed by atoms with Crippen LogP contribution >= 0.6 is 15.9 Å². The number of aliphatic imine (C=N–C) groups is 1. The molecule has 3 aromatic carbocycles. The minimum absolute atomic E-state index is 0.226. The quantitative estimate of drug-likeness (QED) is 0.425. The fraction of sp³-hybridized carbons (Fsp3) is 0.0833. The number of nitrogens with one attached hydrogen (secondary N) is 1. The van der Waals surface area contributed by atoms with E-state index in [1.54, 1.807) is 6.20 Å². The minimum Gasteiger partial charge on any atom is -0.549 e. The Hall–Kier alpha value is -3.18. The van der Waals surface area contributed by atoms with Gasteiger partial charge < -0.3 is 14.9 Å². The number of H-pyrrole nitrogens is 1. The van der Waals surface area contributed by atoms with Gasteiger partial charge in [-0.25, -0.2) is 0 Å². The molecule has 0 spiro atoms. The predicted molar refractivity (Wildman–Crippen MR) is 117 cm³/mol. The molecular weight excluding hydrogens is 428 g/mol. The van der Waals surface area contributed by atoms with E-state index in [9.17, 15) is 9.90 Å². The Labute approximate surface area is 177 Å². The second-order valence-corrected chi connectivity index (χ2v) is 7.68. The van der Waals surface area contributed by atoms with Crippen LogP contribution in [0.5, 0.6) is 0 Å². The molecule has 4 aromatic rings. The molecule has 0 aliphatic carbocycles. The van der Waals surface area contributed by atoms with Gasteiger partial charge in [0.25, 0.3) is 0 Å². The Morgan fingerprint density at radius 1 is 0.966 bits per heavy atom. The molecule has 0 saturated carbocycles. The summed E-state index contributed by atoms with van der Waals surface area (Å²) in [6.07, 6.45) is 1.98. The van der Waals surface area contributed by atoms with E-state index in [2.05, 4.69) is 20.9 Å². The fourth-order valence-electron chi connectivity index (χ4n) is 3.43. The average molecular weight is 446 g/mol. The lowest BCUT2D eigenvalue weighted by molar-refractivity contribution is -0.307. The van der Waals surface area contributed by atoms with Crippen molar-refractivity contribution in [3.8, 4) is 0 Å². The molecule has 29 heavy (non-hydrogen) atoms. The molecular formula is C24H18BrN2O2-. The standard InChI is InChI=1S/C24H19BrN2O2/c25-17-10-12-18(13-11-17)27-23(16-6-2-1-3-7-16)14-20(24(28)29)21-15-26-22-9-5-4-8-19(21)22/h1-13,15,20,26H,14H2,(H,28,29)/p-1/t20-/m0/s1. The lowest BCUT2D eigenvalue weighted by atomic mass is 9.90. The van der Waals surface area contributed by atoms with Crippen LogP contribution in [0.3, 0.4) is 0 Å². The summed E-state index contributed by atoms with van der Waals surface area (Å²) in [6, 6.07) is 25.0. The fourth-order valence-corrected chi connectivity index (χ4v) is 3.69. The Bertz CT molecular complexity index is 1160. The zero-order chi connectivity index (χ0) is 20.2. The molecule has 0 aliphatic rings. The summed E-state index contributed by atoms with van der Waals surface area (Å²) in [5.74, 6) is -1.94. The Morgan fingerprint density at radius 2 is 1.66 bits per heavy atom. The number of benzene rings is 3. The lowest BCUT2D eigenvalue weighted by Gasteiger charge is -2.19. The molecule has 144 valence electrons. The first-order valence-electron chi connectivity index (χ1n) is 9.27. The molecule has 4 rings (SSSR count). The van der Waals surface area contributed by atoms with Crippen LogP contribution in [0, 0.1) is 0 Å². The van der Waals surface area contributed by atoms with E-state index in [1.165, 1.54) is 0 Å². The van der Waals surface area contributed by atoms with Gasteiger partial charge in [0.05, 0.1) is 5.69 Å². The van der Waals surface area contributed by atoms with Gasteiger partial charge in [-0.05, 0) is 41.5 Å². The number of carbonyl (C=O) groups is 1. The van der Waals surface area contributed by atoms with Crippen LogP contribution < -0.4 is 5.11 Å². The summed E-state index contributed by atoms with van der Waals surface area (Å²) in [5, 5.41) is 13.0. The van der Waals surface area contributed by atoms with Crippen molar-refractivity contribution >= 4 is 44.2 Å². The van der Waals surface area contributed by atoms with Crippen molar-refractivity contribution in [1.82, 2.24) is 4.98 Å². The molecule has 1 N–H and O–H groups in total. The number of aromatic amines is 1. The predicted octanol–water partition coefficient (Wildman–Crippen LogP) is 4.98. The van der Waals surface area contributed by atoms with Crippen molar-refractivity contribution in [1.29, 1.82) is 0 Å². The monoisotopic (exact) mass is 445 g/mol. The molecule has 1 aromatic heterocycles. The van der Waals surface area contributed by atoms with Crippen LogP contribution in [-0.2, 0) is 4.79 Å². The molecule has 0 unspecified atom stereocenters. The normalized spacial score (nSPS) is 12.8. The second kappa shape index (κ2) is 8.45. The Morgan fingerprint density at radius 3 is 2.38 bits per heavy atom. The Balaban J connectivity index is 1.77. The van der Waals surface area contributed by atoms with Crippen molar-refractivity contribution in [2.45, 2.75) is 12.3 Å². The SMILES string of the molecule is O=C([O-])[C@@H](CC(=Nc1ccc(Br)cc1)c1ccccc1)c1c[nH]c2ccccc12. The molecule has 0 radical (unpaired) electrons. The third kappa shape index (κ3) is 4.30. The highest BCUT2D eigenvalue weighted by Crippen LogP contribution is 2.30. The number of carboxylic acids is 1. The summed E-state index contributed by atoms with van der Waals surface area (Å²) in [5.41, 5.74) is 3.97. The highest BCUT2D eigenvalue weighted by molar-refractivity contribution is 9.10. The van der Waals surface area contributed by atoms with Gasteiger partial charge in [0, 0.05) is 45.6 Å². The van der Waals surface area contributed by atoms with Crippen molar-refractivity contribution in [2.75, 3.05) is 0 Å². The summed E-state index contributed by atoms with van der Waals surface area (Å²) < 4.78 is 0.962. The van der Waals surface area contributed by atoms with E-state index in [-0.39, 0.29) is 6.42 Å². The largest absolute Gasteiger partial charge is 0.549 e. The highest BCUT2D eigenvalue weighted by Gasteiger charge is 2.20. The summed E-state index contributed by atoms with van der Waals surface area (Å²) >= 11 is 3.43. The number of nitrogens with zero attached hydrogens (tertiary/aromatic N) is 1. The van der Waals surface area contributed by atoms with Crippen molar-refractivity contribution in [2.24, 2.45) is 4.99 Å². The van der Waals surface area contributed by atoms with E-state index in [4.69, 9.17) is 4.99 Å². The third-order valence-electron chi connectivity index (χ3n) is 4.88. The maximum Gasteiger partial charge on any atom is 0.0634 e. The number of para-hydroxylation sites is 1. The third-order valence-corrected chi connectivity index (χ3v) is 5.41. The number of hydrogen-bond donors (Lipinski definition) is 1. The molecule has 0 aliphatic heterocycles. The topological polar surface area (TPSA) is 68.3 Å². The number of aliphatic carboxylic acids is 1. The van der Waals surface area contributed by atoms with Crippen molar-refractivity contribution in [3.05, 3.63) is 101 Å². The molecule has 5 heteroatoms. The van der Waals surface area contributed by atoms with E-state index in [0.717, 1.165) is 26.6 Å². The summed E-state index contributed by atoms with van der Waals surface area (Å²) in [4.78, 5) is 20.1. The zero-order valence-electron chi connectivity index (χ0n) is 15.5. The number of carboxylic acid groups (broad SMARTS) is 1. The van der Waals surface area contributed by atoms with Crippen LogP contribution in [0.15, 0.2) is 94.5 Å². The zero-order valence-corrected chi connectivity index (χ0v) is 17.1. The average Bonchev–Trinajstić information content (AvgIpc) is 3.17. The van der Waals surface area contributed by atoms with E-state index < -0.39 is 11.9 Å². The molecule has 1 atom stereocenters. The maximum atomic E-state index is 12.1. The van der Waals surface area contributed by atoms with Gasteiger partial charge in [0.2, 0.25) is 0 Å². The molecule has 0 fully saturated rings. The molecule has 4 nitrogen and oxygen atoms in total. The van der Waals surface area contributed by atoms with E-state index in [0.29, 0.717) is 11.3 Å². The summed E-state index contributed by atoms with van der Waals surface area (Å²) in [7, 11) is 0. The Kier molecular flexibility index (Phi) is 5.58. The van der Waals surface area contributed by atoms with Crippen molar-refractivity contribution in [3.63, 3.8) is 0 Å². The molecule has 1 heterocycles. The van der Waals surface area contributed by atoms with Crippen LogP contribution in [-0.4, -0.2) is 16.7 Å². The van der Waals surface area contributed by atoms with E-state index in [1.807, 2.05) is 78.9 Å². The molecule has 0 bridgehead atoms. The van der Waals surface area contributed by atoms with Gasteiger partial charge in [0.1, 0.15) is 0 Å². The first-order chi connectivity index (χ1) is 14.1. The van der Waals surface area contributed by atoms with Crippen molar-refractivity contribution < 1.29 is 9.90 Å². The van der Waals surface area contributed by atoms with Gasteiger partial charge in [-0.15, -0.1) is 0 Å². The minimum atomic E-state index is -1.12. The van der Waals surface area contributed by atoms with Gasteiger partial charge in [-0.2, -0.15) is 0 Å². The summed E-state index contributed by atoms with van der Waals surface area (Å²) in [6.45, 7) is 0. The lowest BCUT2D eigenvalue weighted by Crippen LogP contribution is -2.31. The number of aromatic nitrogens is 1.